The molecule has 0 saturated heterocycles. The minimum atomic E-state index is 0.768. The van der Waals surface area contributed by atoms with E-state index in [1.165, 1.54) is 108 Å². The summed E-state index contributed by atoms with van der Waals surface area (Å²) in [6.45, 7) is 3.32. The molecule has 2 nitrogen and oxygen atoms in total. The number of para-hydroxylation sites is 2. The molecule has 0 atom stereocenters. The summed E-state index contributed by atoms with van der Waals surface area (Å²) in [4.78, 5) is 4.92. The number of rotatable bonds is 18. The number of halogens is 1. The van der Waals surface area contributed by atoms with Crippen molar-refractivity contribution in [3.05, 3.63) is 53.6 Å². The fraction of sp³-hybridized carbons (Fsp3) is 0.581. The van der Waals surface area contributed by atoms with Gasteiger partial charge in [-0.05, 0) is 42.8 Å². The molecule has 3 aromatic rings. The van der Waals surface area contributed by atoms with Gasteiger partial charge in [0.25, 0.3) is 0 Å². The van der Waals surface area contributed by atoms with Crippen LogP contribution in [0.1, 0.15) is 110 Å². The standard InChI is InChI=1S/C31H45ClN2/c1-2-3-4-5-6-7-8-9-10-11-12-13-14-15-16-19-26-34-30-21-18-17-20-29(30)33-31(34)27-22-24-28(32)25-23-27/h17-18,20-25H,2-16,19,26H2,1H3. The zero-order valence-electron chi connectivity index (χ0n) is 21.4. The smallest absolute Gasteiger partial charge is 0.141 e. The maximum Gasteiger partial charge on any atom is 0.141 e. The van der Waals surface area contributed by atoms with E-state index in [9.17, 15) is 0 Å². The highest BCUT2D eigenvalue weighted by molar-refractivity contribution is 6.30. The Labute approximate surface area is 213 Å². The summed E-state index contributed by atoms with van der Waals surface area (Å²) in [7, 11) is 0. The second kappa shape index (κ2) is 16.0. The van der Waals surface area contributed by atoms with Crippen LogP contribution in [-0.2, 0) is 6.54 Å². The van der Waals surface area contributed by atoms with Crippen LogP contribution in [0.25, 0.3) is 22.4 Å². The zero-order valence-corrected chi connectivity index (χ0v) is 22.2. The third-order valence-electron chi connectivity index (χ3n) is 6.99. The fourth-order valence-corrected chi connectivity index (χ4v) is 5.07. The van der Waals surface area contributed by atoms with Crippen molar-refractivity contribution in [2.45, 2.75) is 116 Å². The van der Waals surface area contributed by atoms with Crippen molar-refractivity contribution in [3.8, 4) is 11.4 Å². The van der Waals surface area contributed by atoms with E-state index >= 15 is 0 Å². The first-order chi connectivity index (χ1) is 16.8. The van der Waals surface area contributed by atoms with Gasteiger partial charge in [0.2, 0.25) is 0 Å². The lowest BCUT2D eigenvalue weighted by Crippen LogP contribution is -2.01. The Kier molecular flexibility index (Phi) is 12.6. The summed E-state index contributed by atoms with van der Waals surface area (Å²) in [5.41, 5.74) is 3.44. The van der Waals surface area contributed by atoms with E-state index in [4.69, 9.17) is 16.6 Å². The van der Waals surface area contributed by atoms with Crippen LogP contribution in [0.15, 0.2) is 48.5 Å². The van der Waals surface area contributed by atoms with E-state index in [1.54, 1.807) is 0 Å². The van der Waals surface area contributed by atoms with Gasteiger partial charge in [0.15, 0.2) is 0 Å². The third-order valence-corrected chi connectivity index (χ3v) is 7.24. The first kappa shape index (κ1) is 26.8. The van der Waals surface area contributed by atoms with Crippen molar-refractivity contribution in [1.82, 2.24) is 9.55 Å². The number of imidazole rings is 1. The molecular weight excluding hydrogens is 436 g/mol. The first-order valence-electron chi connectivity index (χ1n) is 14.0. The molecule has 3 rings (SSSR count). The highest BCUT2D eigenvalue weighted by atomic mass is 35.5. The lowest BCUT2D eigenvalue weighted by atomic mass is 10.0. The molecular formula is C31H45ClN2. The Morgan fingerprint density at radius 3 is 1.68 bits per heavy atom. The summed E-state index contributed by atoms with van der Waals surface area (Å²) in [6, 6.07) is 16.5. The number of aryl methyl sites for hydroxylation is 1. The Bertz CT molecular complexity index is 928. The molecule has 0 N–H and O–H groups in total. The van der Waals surface area contributed by atoms with Crippen LogP contribution in [0.5, 0.6) is 0 Å². The number of unbranched alkanes of at least 4 members (excludes halogenated alkanes) is 15. The number of nitrogens with zero attached hydrogens (tertiary/aromatic N) is 2. The van der Waals surface area contributed by atoms with E-state index in [2.05, 4.69) is 47.9 Å². The van der Waals surface area contributed by atoms with Crippen LogP contribution in [-0.4, -0.2) is 9.55 Å². The van der Waals surface area contributed by atoms with Crippen LogP contribution in [0, 0.1) is 0 Å². The highest BCUT2D eigenvalue weighted by Gasteiger charge is 2.12. The average molecular weight is 481 g/mol. The van der Waals surface area contributed by atoms with Gasteiger partial charge in [-0.1, -0.05) is 127 Å². The Morgan fingerprint density at radius 2 is 1.12 bits per heavy atom. The van der Waals surface area contributed by atoms with Crippen LogP contribution in [0.4, 0.5) is 0 Å². The Hall–Kier alpha value is -1.80. The molecule has 0 bridgehead atoms. The van der Waals surface area contributed by atoms with Gasteiger partial charge in [0, 0.05) is 17.1 Å². The van der Waals surface area contributed by atoms with E-state index in [0.717, 1.165) is 28.5 Å². The van der Waals surface area contributed by atoms with Crippen molar-refractivity contribution in [1.29, 1.82) is 0 Å². The van der Waals surface area contributed by atoms with Crippen molar-refractivity contribution in [2.24, 2.45) is 0 Å². The molecule has 0 radical (unpaired) electrons. The quantitative estimate of drug-likeness (QED) is 0.165. The van der Waals surface area contributed by atoms with E-state index in [0.29, 0.717) is 0 Å². The van der Waals surface area contributed by atoms with Gasteiger partial charge in [0.1, 0.15) is 5.82 Å². The van der Waals surface area contributed by atoms with E-state index in [1.807, 2.05) is 12.1 Å². The van der Waals surface area contributed by atoms with Crippen LogP contribution in [0.2, 0.25) is 5.02 Å². The predicted molar refractivity (Wildman–Crippen MR) is 150 cm³/mol. The zero-order chi connectivity index (χ0) is 23.8. The molecule has 34 heavy (non-hydrogen) atoms. The van der Waals surface area contributed by atoms with E-state index in [-0.39, 0.29) is 0 Å². The van der Waals surface area contributed by atoms with Crippen LogP contribution in [0.3, 0.4) is 0 Å². The molecule has 3 heteroatoms. The minimum absolute atomic E-state index is 0.768. The molecule has 0 fully saturated rings. The molecule has 0 unspecified atom stereocenters. The third kappa shape index (κ3) is 9.10. The van der Waals surface area contributed by atoms with Gasteiger partial charge in [-0.25, -0.2) is 4.98 Å². The van der Waals surface area contributed by atoms with Crippen molar-refractivity contribution in [3.63, 3.8) is 0 Å². The van der Waals surface area contributed by atoms with Gasteiger partial charge in [-0.3, -0.25) is 0 Å². The molecule has 0 spiro atoms. The monoisotopic (exact) mass is 480 g/mol. The molecule has 2 aromatic carbocycles. The first-order valence-corrected chi connectivity index (χ1v) is 14.4. The van der Waals surface area contributed by atoms with Gasteiger partial charge in [-0.2, -0.15) is 0 Å². The molecule has 0 saturated carbocycles. The fourth-order valence-electron chi connectivity index (χ4n) is 4.94. The Balaban J connectivity index is 1.28. The topological polar surface area (TPSA) is 17.8 Å². The maximum absolute atomic E-state index is 6.10. The molecule has 0 amide bonds. The summed E-state index contributed by atoms with van der Waals surface area (Å²) in [6.07, 6.45) is 22.4. The van der Waals surface area contributed by atoms with Crippen molar-refractivity contribution in [2.75, 3.05) is 0 Å². The number of aromatic nitrogens is 2. The van der Waals surface area contributed by atoms with Crippen LogP contribution < -0.4 is 0 Å². The normalized spacial score (nSPS) is 11.5. The lowest BCUT2D eigenvalue weighted by Gasteiger charge is -2.10. The minimum Gasteiger partial charge on any atom is -0.324 e. The van der Waals surface area contributed by atoms with E-state index < -0.39 is 0 Å². The Morgan fingerprint density at radius 1 is 0.618 bits per heavy atom. The maximum atomic E-state index is 6.10. The predicted octanol–water partition coefficient (Wildman–Crippen LogP) is 10.6. The number of benzene rings is 2. The number of fused-ring (bicyclic) bond motifs is 1. The van der Waals surface area contributed by atoms with Crippen molar-refractivity contribution < 1.29 is 0 Å². The summed E-state index contributed by atoms with van der Waals surface area (Å²) < 4.78 is 2.39. The summed E-state index contributed by atoms with van der Waals surface area (Å²) in [5, 5.41) is 0.768. The highest BCUT2D eigenvalue weighted by Crippen LogP contribution is 2.26. The lowest BCUT2D eigenvalue weighted by molar-refractivity contribution is 0.523. The second-order valence-corrected chi connectivity index (χ2v) is 10.3. The number of hydrogen-bond donors (Lipinski definition) is 0. The summed E-state index contributed by atoms with van der Waals surface area (Å²) >= 11 is 6.10. The molecule has 186 valence electrons. The second-order valence-electron chi connectivity index (χ2n) is 9.89. The molecule has 0 aliphatic carbocycles. The number of hydrogen-bond acceptors (Lipinski definition) is 1. The van der Waals surface area contributed by atoms with Gasteiger partial charge < -0.3 is 4.57 Å². The molecule has 0 aliphatic heterocycles. The van der Waals surface area contributed by atoms with Gasteiger partial charge >= 0.3 is 0 Å². The van der Waals surface area contributed by atoms with Crippen LogP contribution >= 0.6 is 11.6 Å². The SMILES string of the molecule is CCCCCCCCCCCCCCCCCCn1c(-c2ccc(Cl)cc2)nc2ccccc21. The average Bonchev–Trinajstić information content (AvgIpc) is 3.23. The van der Waals surface area contributed by atoms with Gasteiger partial charge in [0.05, 0.1) is 11.0 Å². The molecule has 0 aliphatic rings. The largest absolute Gasteiger partial charge is 0.324 e. The molecule has 1 aromatic heterocycles. The van der Waals surface area contributed by atoms with Crippen molar-refractivity contribution >= 4 is 22.6 Å². The summed E-state index contributed by atoms with van der Waals surface area (Å²) in [5.74, 6) is 1.05. The molecule has 1 heterocycles. The van der Waals surface area contributed by atoms with Gasteiger partial charge in [-0.15, -0.1) is 0 Å².